The van der Waals surface area contributed by atoms with E-state index in [1.807, 2.05) is 38.1 Å². The highest BCUT2D eigenvalue weighted by Gasteiger charge is 2.31. The number of likely N-dealkylation sites (tertiary alicyclic amines) is 1. The van der Waals surface area contributed by atoms with Crippen LogP contribution in [0.3, 0.4) is 0 Å². The standard InChI is InChI=1S/C22H29N5O6/c1-15(2)32-16-3-5-17(6-4-16)33-18-7-10-25(11-8-18)14-21(28)23-19-9-12-31-22-24-20(27(29)30)13-26(19)22/h3-6,13,15,18-19H,7-12,14H2,1-2H3,(H,23,28)/t19-/m0/s1. The van der Waals surface area contributed by atoms with Gasteiger partial charge < -0.3 is 29.6 Å². The van der Waals surface area contributed by atoms with Crippen LogP contribution < -0.4 is 19.5 Å². The number of carbonyl (C=O) groups excluding carboxylic acids is 1. The van der Waals surface area contributed by atoms with Crippen LogP contribution in [-0.4, -0.2) is 63.7 Å². The predicted octanol–water partition coefficient (Wildman–Crippen LogP) is 2.52. The summed E-state index contributed by atoms with van der Waals surface area (Å²) in [5, 5.41) is 13.9. The summed E-state index contributed by atoms with van der Waals surface area (Å²) in [6.07, 6.45) is 3.29. The summed E-state index contributed by atoms with van der Waals surface area (Å²) in [5.41, 5.74) is 0. The van der Waals surface area contributed by atoms with Gasteiger partial charge in [-0.05, 0) is 55.9 Å². The second-order valence-corrected chi connectivity index (χ2v) is 8.50. The molecule has 4 rings (SSSR count). The number of carbonyl (C=O) groups is 1. The van der Waals surface area contributed by atoms with Crippen molar-refractivity contribution >= 4 is 11.7 Å². The van der Waals surface area contributed by atoms with Crippen LogP contribution in [0.4, 0.5) is 5.82 Å². The zero-order valence-corrected chi connectivity index (χ0v) is 18.8. The summed E-state index contributed by atoms with van der Waals surface area (Å²) in [7, 11) is 0. The second kappa shape index (κ2) is 10.1. The van der Waals surface area contributed by atoms with E-state index in [2.05, 4.69) is 15.2 Å². The molecular weight excluding hydrogens is 430 g/mol. The van der Waals surface area contributed by atoms with Crippen molar-refractivity contribution in [1.82, 2.24) is 19.8 Å². The fraction of sp³-hybridized carbons (Fsp3) is 0.545. The van der Waals surface area contributed by atoms with Crippen LogP contribution in [0.2, 0.25) is 0 Å². The van der Waals surface area contributed by atoms with Gasteiger partial charge in [0.2, 0.25) is 5.91 Å². The molecule has 178 valence electrons. The quantitative estimate of drug-likeness (QED) is 0.472. The van der Waals surface area contributed by atoms with Crippen LogP contribution in [0.15, 0.2) is 30.5 Å². The lowest BCUT2D eigenvalue weighted by Crippen LogP contribution is -2.45. The maximum Gasteiger partial charge on any atom is 0.415 e. The van der Waals surface area contributed by atoms with Gasteiger partial charge in [-0.3, -0.25) is 14.3 Å². The maximum absolute atomic E-state index is 12.6. The lowest BCUT2D eigenvalue weighted by molar-refractivity contribution is -0.389. The fourth-order valence-corrected chi connectivity index (χ4v) is 4.01. The number of hydrogen-bond donors (Lipinski definition) is 1. The molecule has 1 aromatic carbocycles. The molecular formula is C22H29N5O6. The Kier molecular flexibility index (Phi) is 6.97. The van der Waals surface area contributed by atoms with Crippen LogP contribution in [0.1, 0.15) is 39.3 Å². The Bertz CT molecular complexity index is 968. The molecule has 1 saturated heterocycles. The first-order valence-electron chi connectivity index (χ1n) is 11.2. The monoisotopic (exact) mass is 459 g/mol. The van der Waals surface area contributed by atoms with Crippen molar-refractivity contribution in [3.05, 3.63) is 40.6 Å². The van der Waals surface area contributed by atoms with Crippen LogP contribution >= 0.6 is 0 Å². The van der Waals surface area contributed by atoms with Gasteiger partial charge in [0.25, 0.3) is 0 Å². The number of hydrogen-bond acceptors (Lipinski definition) is 8. The topological polar surface area (TPSA) is 121 Å². The molecule has 0 saturated carbocycles. The lowest BCUT2D eigenvalue weighted by atomic mass is 10.1. The van der Waals surface area contributed by atoms with E-state index in [9.17, 15) is 14.9 Å². The maximum atomic E-state index is 12.6. The Hall–Kier alpha value is -3.34. The van der Waals surface area contributed by atoms with Gasteiger partial charge in [-0.25, -0.2) is 0 Å². The van der Waals surface area contributed by atoms with E-state index < -0.39 is 11.1 Å². The minimum atomic E-state index is -0.576. The Morgan fingerprint density at radius 1 is 1.24 bits per heavy atom. The highest BCUT2D eigenvalue weighted by molar-refractivity contribution is 5.78. The van der Waals surface area contributed by atoms with E-state index in [0.29, 0.717) is 13.0 Å². The number of piperidine rings is 1. The molecule has 1 aromatic heterocycles. The van der Waals surface area contributed by atoms with Crippen molar-refractivity contribution in [3.8, 4) is 17.5 Å². The third-order valence-electron chi connectivity index (χ3n) is 5.56. The van der Waals surface area contributed by atoms with Crippen molar-refractivity contribution < 1.29 is 23.9 Å². The SMILES string of the molecule is CC(C)Oc1ccc(OC2CCN(CC(=O)N[C@@H]3CCOc4nc([N+](=O)[O-])cn43)CC2)cc1. The molecule has 2 aliphatic heterocycles. The average Bonchev–Trinajstić information content (AvgIpc) is 3.22. The second-order valence-electron chi connectivity index (χ2n) is 8.50. The predicted molar refractivity (Wildman–Crippen MR) is 118 cm³/mol. The molecule has 1 atom stereocenters. The van der Waals surface area contributed by atoms with E-state index in [4.69, 9.17) is 14.2 Å². The Balaban J connectivity index is 1.23. The first-order valence-corrected chi connectivity index (χ1v) is 11.2. The molecule has 1 amide bonds. The Morgan fingerprint density at radius 3 is 2.61 bits per heavy atom. The zero-order valence-electron chi connectivity index (χ0n) is 18.8. The molecule has 2 aliphatic rings. The Labute approximate surface area is 191 Å². The molecule has 0 aliphatic carbocycles. The lowest BCUT2D eigenvalue weighted by Gasteiger charge is -2.32. The smallest absolute Gasteiger partial charge is 0.415 e. The van der Waals surface area contributed by atoms with Crippen LogP contribution in [0.5, 0.6) is 17.5 Å². The summed E-state index contributed by atoms with van der Waals surface area (Å²) in [6, 6.07) is 7.80. The van der Waals surface area contributed by atoms with Crippen molar-refractivity contribution in [2.24, 2.45) is 0 Å². The largest absolute Gasteiger partial charge is 0.491 e. The van der Waals surface area contributed by atoms with Crippen molar-refractivity contribution in [2.75, 3.05) is 26.2 Å². The molecule has 3 heterocycles. The first-order chi connectivity index (χ1) is 15.9. The number of nitrogens with one attached hydrogen (secondary N) is 1. The minimum Gasteiger partial charge on any atom is -0.491 e. The molecule has 0 spiro atoms. The number of rotatable bonds is 8. The number of benzene rings is 1. The molecule has 1 fully saturated rings. The van der Waals surface area contributed by atoms with Gasteiger partial charge in [-0.1, -0.05) is 0 Å². The summed E-state index contributed by atoms with van der Waals surface area (Å²) in [6.45, 7) is 6.08. The number of nitrogens with zero attached hydrogens (tertiary/aromatic N) is 4. The zero-order chi connectivity index (χ0) is 23.4. The molecule has 2 aromatic rings. The van der Waals surface area contributed by atoms with E-state index in [1.54, 1.807) is 0 Å². The van der Waals surface area contributed by atoms with Gasteiger partial charge in [0.1, 0.15) is 30.0 Å². The summed E-state index contributed by atoms with van der Waals surface area (Å²) in [4.78, 5) is 28.9. The molecule has 11 heteroatoms. The average molecular weight is 460 g/mol. The molecule has 11 nitrogen and oxygen atoms in total. The van der Waals surface area contributed by atoms with Gasteiger partial charge in [-0.2, -0.15) is 0 Å². The molecule has 33 heavy (non-hydrogen) atoms. The highest BCUT2D eigenvalue weighted by Crippen LogP contribution is 2.27. The van der Waals surface area contributed by atoms with Gasteiger partial charge in [0.05, 0.1) is 19.3 Å². The molecule has 0 radical (unpaired) electrons. The Morgan fingerprint density at radius 2 is 1.94 bits per heavy atom. The number of imidazole rings is 1. The van der Waals surface area contributed by atoms with Gasteiger partial charge in [0.15, 0.2) is 0 Å². The van der Waals surface area contributed by atoms with Crippen LogP contribution in [0, 0.1) is 10.1 Å². The summed E-state index contributed by atoms with van der Waals surface area (Å²) >= 11 is 0. The van der Waals surface area contributed by atoms with Gasteiger partial charge in [-0.15, -0.1) is 0 Å². The molecule has 0 unspecified atom stereocenters. The molecule has 1 N–H and O–H groups in total. The van der Waals surface area contributed by atoms with Gasteiger partial charge >= 0.3 is 11.8 Å². The third-order valence-corrected chi connectivity index (χ3v) is 5.56. The van der Waals surface area contributed by atoms with Gasteiger partial charge in [0, 0.05) is 24.5 Å². The summed E-state index contributed by atoms with van der Waals surface area (Å²) < 4.78 is 18.6. The van der Waals surface area contributed by atoms with Crippen LogP contribution in [0.25, 0.3) is 0 Å². The first kappa shape index (κ1) is 22.8. The normalized spacial score (nSPS) is 18.9. The minimum absolute atomic E-state index is 0.103. The van der Waals surface area contributed by atoms with Crippen molar-refractivity contribution in [3.63, 3.8) is 0 Å². The van der Waals surface area contributed by atoms with Crippen molar-refractivity contribution in [1.29, 1.82) is 0 Å². The number of ether oxygens (including phenoxy) is 3. The number of aromatic nitrogens is 2. The van der Waals surface area contributed by atoms with E-state index >= 15 is 0 Å². The number of nitro groups is 1. The van der Waals surface area contributed by atoms with E-state index in [1.165, 1.54) is 10.8 Å². The third kappa shape index (κ3) is 5.92. The number of amides is 1. The van der Waals surface area contributed by atoms with E-state index in [-0.39, 0.29) is 36.5 Å². The van der Waals surface area contributed by atoms with Crippen LogP contribution in [-0.2, 0) is 4.79 Å². The summed E-state index contributed by atoms with van der Waals surface area (Å²) in [5.74, 6) is 1.20. The highest BCUT2D eigenvalue weighted by atomic mass is 16.6. The number of fused-ring (bicyclic) bond motifs is 1. The van der Waals surface area contributed by atoms with Crippen molar-refractivity contribution in [2.45, 2.75) is 51.5 Å². The molecule has 0 bridgehead atoms. The fourth-order valence-electron chi connectivity index (χ4n) is 4.01. The van der Waals surface area contributed by atoms with E-state index in [0.717, 1.165) is 37.4 Å².